The number of aromatic amines is 1. The molecule has 4 nitrogen and oxygen atoms in total. The van der Waals surface area contributed by atoms with E-state index in [2.05, 4.69) is 15.2 Å². The topological polar surface area (TPSA) is 67.6 Å². The Morgan fingerprint density at radius 3 is 2.28 bits per heavy atom. The van der Waals surface area contributed by atoms with Crippen molar-refractivity contribution in [3.8, 4) is 0 Å². The molecule has 0 fully saturated rings. The largest absolute Gasteiger partial charge is 0.453 e. The Balaban J connectivity index is 0.00000162. The van der Waals surface area contributed by atoms with Gasteiger partial charge in [-0.2, -0.15) is 13.2 Å². The molecule has 0 aliphatic carbocycles. The molecule has 0 spiro atoms. The molecule has 2 rings (SSSR count). The summed E-state index contributed by atoms with van der Waals surface area (Å²) in [6.45, 7) is 0. The third-order valence-corrected chi connectivity index (χ3v) is 2.21. The van der Waals surface area contributed by atoms with E-state index in [9.17, 15) is 13.2 Å². The molecule has 0 saturated heterocycles. The molecule has 3 N–H and O–H groups in total. The fraction of sp³-hybridized carbons (Fsp3) is 0.200. The second-order valence-electron chi connectivity index (χ2n) is 3.43. The Labute approximate surface area is 107 Å². The van der Waals surface area contributed by atoms with E-state index in [4.69, 9.17) is 5.73 Å². The number of benzene rings is 1. The first-order chi connectivity index (χ1) is 7.98. The van der Waals surface area contributed by atoms with Gasteiger partial charge in [0.2, 0.25) is 0 Å². The minimum atomic E-state index is -4.56. The van der Waals surface area contributed by atoms with Gasteiger partial charge in [0.25, 0.3) is 5.82 Å². The second kappa shape index (κ2) is 5.36. The van der Waals surface area contributed by atoms with Crippen molar-refractivity contribution in [2.75, 3.05) is 0 Å². The van der Waals surface area contributed by atoms with Gasteiger partial charge in [0.15, 0.2) is 0 Å². The van der Waals surface area contributed by atoms with Gasteiger partial charge in [-0.25, -0.2) is 4.98 Å². The van der Waals surface area contributed by atoms with E-state index in [-0.39, 0.29) is 18.2 Å². The third kappa shape index (κ3) is 2.99. The minimum absolute atomic E-state index is 0. The van der Waals surface area contributed by atoms with Gasteiger partial charge in [0.05, 0.1) is 6.04 Å². The van der Waals surface area contributed by atoms with Crippen LogP contribution < -0.4 is 5.73 Å². The average Bonchev–Trinajstić information content (AvgIpc) is 2.78. The zero-order chi connectivity index (χ0) is 12.5. The molecule has 0 bridgehead atoms. The van der Waals surface area contributed by atoms with Crippen LogP contribution >= 0.6 is 12.4 Å². The molecule has 0 saturated carbocycles. The summed E-state index contributed by atoms with van der Waals surface area (Å²) in [5.74, 6) is -1.22. The summed E-state index contributed by atoms with van der Waals surface area (Å²) in [6, 6.07) is 7.95. The molecule has 0 radical (unpaired) electrons. The van der Waals surface area contributed by atoms with E-state index >= 15 is 0 Å². The fourth-order valence-corrected chi connectivity index (χ4v) is 1.36. The molecule has 18 heavy (non-hydrogen) atoms. The highest BCUT2D eigenvalue weighted by atomic mass is 35.5. The Hall–Kier alpha value is -1.60. The number of nitrogens with one attached hydrogen (secondary N) is 1. The smallest absolute Gasteiger partial charge is 0.318 e. The van der Waals surface area contributed by atoms with Crippen LogP contribution in [0.1, 0.15) is 23.3 Å². The van der Waals surface area contributed by atoms with Gasteiger partial charge in [-0.1, -0.05) is 30.3 Å². The molecule has 98 valence electrons. The van der Waals surface area contributed by atoms with Gasteiger partial charge in [-0.15, -0.1) is 17.5 Å². The highest BCUT2D eigenvalue weighted by Gasteiger charge is 2.36. The molecular weight excluding hydrogens is 269 g/mol. The van der Waals surface area contributed by atoms with E-state index in [0.29, 0.717) is 5.56 Å². The first-order valence-electron chi connectivity index (χ1n) is 4.78. The maximum atomic E-state index is 12.3. The number of rotatable bonds is 2. The quantitative estimate of drug-likeness (QED) is 0.886. The van der Waals surface area contributed by atoms with Gasteiger partial charge in [-0.3, -0.25) is 5.10 Å². The Kier molecular flexibility index (Phi) is 4.31. The lowest BCUT2D eigenvalue weighted by molar-refractivity contribution is -0.144. The maximum absolute atomic E-state index is 12.3. The van der Waals surface area contributed by atoms with Crippen molar-refractivity contribution in [1.82, 2.24) is 15.2 Å². The predicted octanol–water partition coefficient (Wildman–Crippen LogP) is 2.29. The summed E-state index contributed by atoms with van der Waals surface area (Å²) in [4.78, 5) is 3.34. The summed E-state index contributed by atoms with van der Waals surface area (Å²) in [6.07, 6.45) is -4.56. The first kappa shape index (κ1) is 14.5. The molecule has 1 heterocycles. The number of nitrogens with two attached hydrogens (primary N) is 1. The third-order valence-electron chi connectivity index (χ3n) is 2.21. The van der Waals surface area contributed by atoms with E-state index in [1.54, 1.807) is 30.3 Å². The van der Waals surface area contributed by atoms with Crippen molar-refractivity contribution < 1.29 is 13.2 Å². The van der Waals surface area contributed by atoms with Gasteiger partial charge >= 0.3 is 6.18 Å². The lowest BCUT2D eigenvalue weighted by Crippen LogP contribution is -2.14. The number of halogens is 4. The molecule has 0 aliphatic rings. The van der Waals surface area contributed by atoms with Gasteiger partial charge < -0.3 is 5.73 Å². The van der Waals surface area contributed by atoms with Crippen LogP contribution in [0, 0.1) is 0 Å². The van der Waals surface area contributed by atoms with Crippen molar-refractivity contribution in [2.45, 2.75) is 12.2 Å². The monoisotopic (exact) mass is 278 g/mol. The average molecular weight is 279 g/mol. The predicted molar refractivity (Wildman–Crippen MR) is 61.1 cm³/mol. The number of hydrogen-bond donors (Lipinski definition) is 2. The Morgan fingerprint density at radius 2 is 1.78 bits per heavy atom. The number of H-pyrrole nitrogens is 1. The fourth-order valence-electron chi connectivity index (χ4n) is 1.36. The van der Waals surface area contributed by atoms with E-state index < -0.39 is 18.0 Å². The highest BCUT2D eigenvalue weighted by Crippen LogP contribution is 2.27. The van der Waals surface area contributed by atoms with Crippen LogP contribution in [-0.4, -0.2) is 15.2 Å². The molecule has 1 atom stereocenters. The number of hydrogen-bond acceptors (Lipinski definition) is 3. The number of alkyl halides is 3. The van der Waals surface area contributed by atoms with Gasteiger partial charge in [0, 0.05) is 0 Å². The van der Waals surface area contributed by atoms with Crippen LogP contribution in [0.5, 0.6) is 0 Å². The molecule has 0 amide bonds. The molecule has 1 aromatic carbocycles. The first-order valence-corrected chi connectivity index (χ1v) is 4.78. The molecule has 1 aromatic heterocycles. The van der Waals surface area contributed by atoms with Crippen molar-refractivity contribution in [1.29, 1.82) is 0 Å². The summed E-state index contributed by atoms with van der Waals surface area (Å²) in [7, 11) is 0. The van der Waals surface area contributed by atoms with Gasteiger partial charge in [-0.05, 0) is 5.56 Å². The molecular formula is C10H10ClF3N4. The summed E-state index contributed by atoms with van der Waals surface area (Å²) in [5.41, 5.74) is 6.44. The molecule has 1 unspecified atom stereocenters. The summed E-state index contributed by atoms with van der Waals surface area (Å²) in [5, 5.41) is 5.30. The molecule has 0 aliphatic heterocycles. The zero-order valence-corrected chi connectivity index (χ0v) is 9.79. The van der Waals surface area contributed by atoms with Gasteiger partial charge in [0.1, 0.15) is 5.82 Å². The molecule has 2 aromatic rings. The van der Waals surface area contributed by atoms with Crippen molar-refractivity contribution in [3.05, 3.63) is 47.5 Å². The van der Waals surface area contributed by atoms with Crippen molar-refractivity contribution in [2.24, 2.45) is 5.73 Å². The van der Waals surface area contributed by atoms with Crippen LogP contribution in [0.15, 0.2) is 30.3 Å². The summed E-state index contributed by atoms with van der Waals surface area (Å²) < 4.78 is 36.8. The van der Waals surface area contributed by atoms with Crippen molar-refractivity contribution >= 4 is 12.4 Å². The van der Waals surface area contributed by atoms with E-state index in [0.717, 1.165) is 0 Å². The lowest BCUT2D eigenvalue weighted by atomic mass is 10.1. The van der Waals surface area contributed by atoms with Crippen molar-refractivity contribution in [3.63, 3.8) is 0 Å². The van der Waals surface area contributed by atoms with Crippen LogP contribution in [0.3, 0.4) is 0 Å². The Bertz CT molecular complexity index is 497. The minimum Gasteiger partial charge on any atom is -0.318 e. The van der Waals surface area contributed by atoms with Crippen LogP contribution in [0.25, 0.3) is 0 Å². The maximum Gasteiger partial charge on any atom is 0.453 e. The SMILES string of the molecule is Cl.NC(c1ccccc1)c1nc(C(F)(F)F)n[nH]1. The summed E-state index contributed by atoms with van der Waals surface area (Å²) >= 11 is 0. The lowest BCUT2D eigenvalue weighted by Gasteiger charge is -2.07. The molecule has 8 heteroatoms. The Morgan fingerprint density at radius 1 is 1.17 bits per heavy atom. The van der Waals surface area contributed by atoms with Crippen LogP contribution in [0.2, 0.25) is 0 Å². The zero-order valence-electron chi connectivity index (χ0n) is 8.98. The highest BCUT2D eigenvalue weighted by molar-refractivity contribution is 5.85. The normalized spacial score (nSPS) is 12.9. The van der Waals surface area contributed by atoms with Crippen LogP contribution in [0.4, 0.5) is 13.2 Å². The van der Waals surface area contributed by atoms with E-state index in [1.807, 2.05) is 0 Å². The number of nitrogens with zero attached hydrogens (tertiary/aromatic N) is 2. The van der Waals surface area contributed by atoms with E-state index in [1.165, 1.54) is 0 Å². The number of aromatic nitrogens is 3. The second-order valence-corrected chi connectivity index (χ2v) is 3.43. The van der Waals surface area contributed by atoms with Crippen LogP contribution in [-0.2, 0) is 6.18 Å². The standard InChI is InChI=1S/C10H9F3N4.ClH/c11-10(12,13)9-15-8(16-17-9)7(14)6-4-2-1-3-5-6;/h1-5,7H,14H2,(H,15,16,17);1H.